The second kappa shape index (κ2) is 6.42. The summed E-state index contributed by atoms with van der Waals surface area (Å²) in [7, 11) is 0. The van der Waals surface area contributed by atoms with Crippen LogP contribution >= 0.6 is 0 Å². The number of nitrogens with zero attached hydrogens (tertiary/aromatic N) is 1. The van der Waals surface area contributed by atoms with E-state index in [1.807, 2.05) is 12.1 Å². The van der Waals surface area contributed by atoms with Gasteiger partial charge in [0, 0.05) is 11.1 Å². The van der Waals surface area contributed by atoms with Crippen molar-refractivity contribution in [2.45, 2.75) is 6.54 Å². The van der Waals surface area contributed by atoms with E-state index in [1.54, 1.807) is 54.8 Å². The molecule has 5 rings (SSSR count). The van der Waals surface area contributed by atoms with Crippen LogP contribution in [0, 0.1) is 0 Å². The molecule has 138 valence electrons. The van der Waals surface area contributed by atoms with Crippen LogP contribution < -0.4 is 9.47 Å². The molecule has 2 aliphatic heterocycles. The molecule has 3 aromatic rings. The molecular formula is C22H15NO5. The van der Waals surface area contributed by atoms with Crippen LogP contribution in [0.15, 0.2) is 65.3 Å². The first-order valence-electron chi connectivity index (χ1n) is 8.80. The first kappa shape index (κ1) is 16.4. The monoisotopic (exact) mass is 373 g/mol. The number of furan rings is 1. The normalized spacial score (nSPS) is 16.6. The molecule has 0 unspecified atom stereocenters. The molecular weight excluding hydrogens is 358 g/mol. The standard InChI is InChI=1S/C22H15NO5/c24-21-17-6-2-1-5-16(17)18(11-15-4-3-9-26-15)22(25)23(21)12-14-7-8-19-20(10-14)28-13-27-19/h1-11H,12-13H2. The van der Waals surface area contributed by atoms with Crippen molar-refractivity contribution < 1.29 is 23.5 Å². The van der Waals surface area contributed by atoms with Crippen LogP contribution in [0.5, 0.6) is 11.5 Å². The van der Waals surface area contributed by atoms with Crippen molar-refractivity contribution >= 4 is 23.5 Å². The van der Waals surface area contributed by atoms with Crippen molar-refractivity contribution in [2.24, 2.45) is 0 Å². The highest BCUT2D eigenvalue weighted by molar-refractivity contribution is 6.33. The zero-order valence-corrected chi connectivity index (χ0v) is 14.8. The van der Waals surface area contributed by atoms with E-state index in [-0.39, 0.29) is 25.2 Å². The van der Waals surface area contributed by atoms with Crippen LogP contribution in [-0.2, 0) is 11.3 Å². The zero-order chi connectivity index (χ0) is 19.1. The molecule has 0 bridgehead atoms. The van der Waals surface area contributed by atoms with E-state index < -0.39 is 0 Å². The van der Waals surface area contributed by atoms with E-state index in [4.69, 9.17) is 13.9 Å². The SMILES string of the molecule is O=C1C(=Cc2ccco2)c2ccccc2C(=O)N1Cc1ccc2c(c1)OCO2. The van der Waals surface area contributed by atoms with Crippen LogP contribution in [0.1, 0.15) is 27.2 Å². The molecule has 2 amide bonds. The molecule has 6 heteroatoms. The fourth-order valence-corrected chi connectivity index (χ4v) is 3.42. The van der Waals surface area contributed by atoms with Gasteiger partial charge in [-0.05, 0) is 42.0 Å². The molecule has 2 aromatic carbocycles. The van der Waals surface area contributed by atoms with Gasteiger partial charge in [0.15, 0.2) is 11.5 Å². The molecule has 2 aliphatic rings. The lowest BCUT2D eigenvalue weighted by Crippen LogP contribution is -2.41. The lowest BCUT2D eigenvalue weighted by atomic mass is 9.92. The van der Waals surface area contributed by atoms with E-state index >= 15 is 0 Å². The number of fused-ring (bicyclic) bond motifs is 2. The van der Waals surface area contributed by atoms with Crippen molar-refractivity contribution in [2.75, 3.05) is 6.79 Å². The first-order chi connectivity index (χ1) is 13.7. The maximum absolute atomic E-state index is 13.2. The minimum Gasteiger partial charge on any atom is -0.465 e. The zero-order valence-electron chi connectivity index (χ0n) is 14.8. The summed E-state index contributed by atoms with van der Waals surface area (Å²) >= 11 is 0. The van der Waals surface area contributed by atoms with Gasteiger partial charge in [0.1, 0.15) is 5.76 Å². The van der Waals surface area contributed by atoms with Crippen molar-refractivity contribution in [1.82, 2.24) is 4.90 Å². The largest absolute Gasteiger partial charge is 0.465 e. The van der Waals surface area contributed by atoms with Crippen LogP contribution in [0.25, 0.3) is 11.6 Å². The molecule has 0 saturated carbocycles. The minimum atomic E-state index is -0.363. The topological polar surface area (TPSA) is 69.0 Å². The van der Waals surface area contributed by atoms with Gasteiger partial charge >= 0.3 is 0 Å². The third-order valence-electron chi connectivity index (χ3n) is 4.78. The summed E-state index contributed by atoms with van der Waals surface area (Å²) in [4.78, 5) is 27.5. The van der Waals surface area contributed by atoms with E-state index in [0.717, 1.165) is 5.56 Å². The van der Waals surface area contributed by atoms with Crippen molar-refractivity contribution in [3.8, 4) is 11.5 Å². The predicted molar refractivity (Wildman–Crippen MR) is 100 cm³/mol. The Morgan fingerprint density at radius 3 is 2.54 bits per heavy atom. The molecule has 0 fully saturated rings. The Morgan fingerprint density at radius 2 is 1.71 bits per heavy atom. The van der Waals surface area contributed by atoms with Gasteiger partial charge in [-0.1, -0.05) is 24.3 Å². The highest BCUT2D eigenvalue weighted by Gasteiger charge is 2.35. The maximum atomic E-state index is 13.2. The summed E-state index contributed by atoms with van der Waals surface area (Å²) in [5, 5.41) is 0. The Balaban J connectivity index is 1.55. The molecule has 0 aliphatic carbocycles. The Hall–Kier alpha value is -3.80. The summed E-state index contributed by atoms with van der Waals surface area (Å²) in [6, 6.07) is 16.0. The minimum absolute atomic E-state index is 0.137. The van der Waals surface area contributed by atoms with Gasteiger partial charge in [-0.15, -0.1) is 0 Å². The van der Waals surface area contributed by atoms with Gasteiger partial charge in [0.2, 0.25) is 6.79 Å². The third kappa shape index (κ3) is 2.66. The average molecular weight is 373 g/mol. The van der Waals surface area contributed by atoms with Gasteiger partial charge < -0.3 is 13.9 Å². The van der Waals surface area contributed by atoms with Gasteiger partial charge in [-0.3, -0.25) is 14.5 Å². The molecule has 28 heavy (non-hydrogen) atoms. The Labute approximate surface area is 160 Å². The lowest BCUT2D eigenvalue weighted by molar-refractivity contribution is -0.123. The van der Waals surface area contributed by atoms with Crippen molar-refractivity contribution in [1.29, 1.82) is 0 Å². The fraction of sp³-hybridized carbons (Fsp3) is 0.0909. The molecule has 0 radical (unpaired) electrons. The average Bonchev–Trinajstić information content (AvgIpc) is 3.40. The molecule has 0 N–H and O–H groups in total. The highest BCUT2D eigenvalue weighted by atomic mass is 16.7. The maximum Gasteiger partial charge on any atom is 0.261 e. The number of ether oxygens (including phenoxy) is 2. The molecule has 3 heterocycles. The van der Waals surface area contributed by atoms with Gasteiger partial charge in [-0.2, -0.15) is 0 Å². The third-order valence-corrected chi connectivity index (χ3v) is 4.78. The van der Waals surface area contributed by atoms with Crippen molar-refractivity contribution in [3.05, 3.63) is 83.3 Å². The molecule has 1 aromatic heterocycles. The number of amides is 2. The number of benzene rings is 2. The second-order valence-electron chi connectivity index (χ2n) is 6.50. The van der Waals surface area contributed by atoms with Gasteiger partial charge in [-0.25, -0.2) is 0 Å². The van der Waals surface area contributed by atoms with E-state index in [0.29, 0.717) is 34.0 Å². The first-order valence-corrected chi connectivity index (χ1v) is 8.80. The number of rotatable bonds is 3. The second-order valence-corrected chi connectivity index (χ2v) is 6.50. The molecule has 6 nitrogen and oxygen atoms in total. The number of carbonyl (C=O) groups is 2. The Kier molecular flexibility index (Phi) is 3.76. The van der Waals surface area contributed by atoms with E-state index in [9.17, 15) is 9.59 Å². The van der Waals surface area contributed by atoms with Crippen LogP contribution in [-0.4, -0.2) is 23.5 Å². The summed E-state index contributed by atoms with van der Waals surface area (Å²) < 4.78 is 16.1. The van der Waals surface area contributed by atoms with Crippen LogP contribution in [0.4, 0.5) is 0 Å². The van der Waals surface area contributed by atoms with Crippen LogP contribution in [0.3, 0.4) is 0 Å². The summed E-state index contributed by atoms with van der Waals surface area (Å²) in [6.45, 7) is 0.307. The number of imide groups is 1. The van der Waals surface area contributed by atoms with Gasteiger partial charge in [0.25, 0.3) is 11.8 Å². The Bertz CT molecular complexity index is 1110. The fourth-order valence-electron chi connectivity index (χ4n) is 3.42. The summed E-state index contributed by atoms with van der Waals surface area (Å²) in [6.07, 6.45) is 3.21. The molecule has 0 spiro atoms. The van der Waals surface area contributed by atoms with Crippen molar-refractivity contribution in [3.63, 3.8) is 0 Å². The highest BCUT2D eigenvalue weighted by Crippen LogP contribution is 2.35. The lowest BCUT2D eigenvalue weighted by Gasteiger charge is -2.28. The smallest absolute Gasteiger partial charge is 0.261 e. The Morgan fingerprint density at radius 1 is 0.893 bits per heavy atom. The number of hydrogen-bond donors (Lipinski definition) is 0. The van der Waals surface area contributed by atoms with E-state index in [2.05, 4.69) is 0 Å². The van der Waals surface area contributed by atoms with Gasteiger partial charge in [0.05, 0.1) is 18.4 Å². The predicted octanol–water partition coefficient (Wildman–Crippen LogP) is 3.73. The summed E-state index contributed by atoms with van der Waals surface area (Å²) in [5.74, 6) is 1.13. The number of hydrogen-bond acceptors (Lipinski definition) is 5. The summed E-state index contributed by atoms with van der Waals surface area (Å²) in [5.41, 5.74) is 2.30. The van der Waals surface area contributed by atoms with E-state index in [1.165, 1.54) is 4.90 Å². The quantitative estimate of drug-likeness (QED) is 0.517. The molecule has 0 saturated heterocycles. The molecule has 0 atom stereocenters. The number of carbonyl (C=O) groups excluding carboxylic acids is 2. The van der Waals surface area contributed by atoms with Crippen LogP contribution in [0.2, 0.25) is 0 Å².